The second-order valence-corrected chi connectivity index (χ2v) is 5.35. The van der Waals surface area contributed by atoms with Gasteiger partial charge in [-0.1, -0.05) is 19.1 Å². The first kappa shape index (κ1) is 14.3. The van der Waals surface area contributed by atoms with E-state index in [1.54, 1.807) is 12.1 Å². The first-order valence-electron chi connectivity index (χ1n) is 7.12. The van der Waals surface area contributed by atoms with Crippen molar-refractivity contribution < 1.29 is 4.39 Å². The van der Waals surface area contributed by atoms with Crippen LogP contribution < -0.4 is 10.6 Å². The van der Waals surface area contributed by atoms with Crippen molar-refractivity contribution in [3.05, 3.63) is 29.6 Å². The van der Waals surface area contributed by atoms with E-state index >= 15 is 0 Å². The first-order chi connectivity index (χ1) is 9.11. The summed E-state index contributed by atoms with van der Waals surface area (Å²) >= 11 is 0. The van der Waals surface area contributed by atoms with E-state index in [4.69, 9.17) is 5.73 Å². The van der Waals surface area contributed by atoms with Crippen molar-refractivity contribution in [1.82, 2.24) is 4.90 Å². The summed E-state index contributed by atoms with van der Waals surface area (Å²) < 4.78 is 14.2. The lowest BCUT2D eigenvalue weighted by molar-refractivity contribution is 0.270. The molecule has 1 aliphatic heterocycles. The monoisotopic (exact) mass is 265 g/mol. The Hall–Kier alpha value is -1.13. The van der Waals surface area contributed by atoms with Gasteiger partial charge >= 0.3 is 0 Å². The zero-order chi connectivity index (χ0) is 13.8. The average Bonchev–Trinajstić information content (AvgIpc) is 2.38. The van der Waals surface area contributed by atoms with Gasteiger partial charge in [-0.05, 0) is 31.5 Å². The molecule has 2 rings (SSSR count). The Bertz CT molecular complexity index is 412. The van der Waals surface area contributed by atoms with Crippen LogP contribution in [0, 0.1) is 5.82 Å². The van der Waals surface area contributed by atoms with Crippen molar-refractivity contribution in [1.29, 1.82) is 0 Å². The quantitative estimate of drug-likeness (QED) is 0.902. The maximum Gasteiger partial charge on any atom is 0.146 e. The first-order valence-corrected chi connectivity index (χ1v) is 7.12. The Morgan fingerprint density at radius 2 is 1.95 bits per heavy atom. The summed E-state index contributed by atoms with van der Waals surface area (Å²) in [5.41, 5.74) is 7.65. The third-order valence-corrected chi connectivity index (χ3v) is 3.75. The summed E-state index contributed by atoms with van der Waals surface area (Å²) in [7, 11) is 0. The number of para-hydroxylation sites is 1. The van der Waals surface area contributed by atoms with Gasteiger partial charge in [-0.2, -0.15) is 0 Å². The second-order valence-electron chi connectivity index (χ2n) is 5.35. The minimum absolute atomic E-state index is 0.0532. The molecular weight excluding hydrogens is 241 g/mol. The summed E-state index contributed by atoms with van der Waals surface area (Å²) in [5, 5.41) is 0. The number of likely N-dealkylation sites (N-methyl/N-ethyl adjacent to an activating group) is 1. The molecule has 0 aromatic heterocycles. The van der Waals surface area contributed by atoms with Crippen LogP contribution in [-0.4, -0.2) is 43.7 Å². The second kappa shape index (κ2) is 6.35. The molecule has 106 valence electrons. The lowest BCUT2D eigenvalue weighted by Crippen LogP contribution is -2.46. The Labute approximate surface area is 115 Å². The van der Waals surface area contributed by atoms with Gasteiger partial charge in [-0.3, -0.25) is 0 Å². The Morgan fingerprint density at radius 1 is 1.26 bits per heavy atom. The van der Waals surface area contributed by atoms with Crippen molar-refractivity contribution in [2.75, 3.05) is 37.6 Å². The highest BCUT2D eigenvalue weighted by Gasteiger charge is 2.21. The molecule has 0 aliphatic carbocycles. The van der Waals surface area contributed by atoms with Crippen LogP contribution in [0.5, 0.6) is 0 Å². The van der Waals surface area contributed by atoms with E-state index in [-0.39, 0.29) is 11.9 Å². The van der Waals surface area contributed by atoms with Crippen molar-refractivity contribution >= 4 is 5.69 Å². The molecule has 1 heterocycles. The van der Waals surface area contributed by atoms with E-state index in [1.165, 1.54) is 0 Å². The zero-order valence-corrected chi connectivity index (χ0v) is 11.9. The highest BCUT2D eigenvalue weighted by molar-refractivity contribution is 5.55. The smallest absolute Gasteiger partial charge is 0.146 e. The Morgan fingerprint density at radius 3 is 2.53 bits per heavy atom. The Balaban J connectivity index is 2.19. The number of halogens is 1. The van der Waals surface area contributed by atoms with Gasteiger partial charge < -0.3 is 15.5 Å². The molecule has 1 aliphatic rings. The van der Waals surface area contributed by atoms with Gasteiger partial charge in [-0.15, -0.1) is 0 Å². The molecule has 1 atom stereocenters. The molecule has 0 saturated carbocycles. The minimum atomic E-state index is -0.122. The van der Waals surface area contributed by atoms with Gasteiger partial charge in [-0.25, -0.2) is 4.39 Å². The number of benzene rings is 1. The highest BCUT2D eigenvalue weighted by Crippen LogP contribution is 2.26. The molecule has 3 nitrogen and oxygen atoms in total. The summed E-state index contributed by atoms with van der Waals surface area (Å²) in [6.45, 7) is 8.98. The third kappa shape index (κ3) is 3.45. The van der Waals surface area contributed by atoms with E-state index in [0.29, 0.717) is 0 Å². The van der Waals surface area contributed by atoms with E-state index in [9.17, 15) is 4.39 Å². The van der Waals surface area contributed by atoms with Crippen LogP contribution >= 0.6 is 0 Å². The van der Waals surface area contributed by atoms with Crippen molar-refractivity contribution in [3.63, 3.8) is 0 Å². The lowest BCUT2D eigenvalue weighted by atomic mass is 10.0. The highest BCUT2D eigenvalue weighted by atomic mass is 19.1. The number of hydrogen-bond acceptors (Lipinski definition) is 3. The third-order valence-electron chi connectivity index (χ3n) is 3.75. The molecule has 1 aromatic carbocycles. The maximum absolute atomic E-state index is 14.2. The molecule has 1 unspecified atom stereocenters. The number of hydrogen-bond donors (Lipinski definition) is 1. The lowest BCUT2D eigenvalue weighted by Gasteiger charge is -2.36. The average molecular weight is 265 g/mol. The van der Waals surface area contributed by atoms with Gasteiger partial charge in [0.2, 0.25) is 0 Å². The molecule has 0 radical (unpaired) electrons. The van der Waals surface area contributed by atoms with E-state index in [2.05, 4.69) is 16.7 Å². The van der Waals surface area contributed by atoms with Gasteiger partial charge in [0.25, 0.3) is 0 Å². The number of anilines is 1. The van der Waals surface area contributed by atoms with Gasteiger partial charge in [0.05, 0.1) is 5.69 Å². The molecule has 0 spiro atoms. The maximum atomic E-state index is 14.2. The number of piperazine rings is 1. The fourth-order valence-corrected chi connectivity index (χ4v) is 2.71. The largest absolute Gasteiger partial charge is 0.366 e. The van der Waals surface area contributed by atoms with Crippen LogP contribution in [0.1, 0.15) is 19.4 Å². The van der Waals surface area contributed by atoms with E-state index in [1.807, 2.05) is 13.0 Å². The number of rotatable bonds is 4. The molecule has 0 amide bonds. The van der Waals surface area contributed by atoms with Gasteiger partial charge in [0.1, 0.15) is 5.82 Å². The van der Waals surface area contributed by atoms with Crippen molar-refractivity contribution in [3.8, 4) is 0 Å². The van der Waals surface area contributed by atoms with Crippen LogP contribution in [0.2, 0.25) is 0 Å². The van der Waals surface area contributed by atoms with Crippen molar-refractivity contribution in [2.24, 2.45) is 5.73 Å². The Kier molecular flexibility index (Phi) is 4.77. The van der Waals surface area contributed by atoms with E-state index in [0.717, 1.165) is 50.4 Å². The molecule has 19 heavy (non-hydrogen) atoms. The molecule has 1 saturated heterocycles. The van der Waals surface area contributed by atoms with Crippen LogP contribution in [-0.2, 0) is 6.42 Å². The summed E-state index contributed by atoms with van der Waals surface area (Å²) in [4.78, 5) is 4.56. The molecule has 4 heteroatoms. The molecule has 2 N–H and O–H groups in total. The normalized spacial score (nSPS) is 18.6. The van der Waals surface area contributed by atoms with Gasteiger partial charge in [0, 0.05) is 32.2 Å². The zero-order valence-electron chi connectivity index (χ0n) is 11.9. The number of nitrogens with zero attached hydrogens (tertiary/aromatic N) is 2. The molecular formula is C15H24FN3. The SMILES string of the molecule is CCN1CCN(c2c(F)cccc2CC(C)N)CC1. The predicted octanol–water partition coefficient (Wildman–Crippen LogP) is 1.86. The summed E-state index contributed by atoms with van der Waals surface area (Å²) in [6.07, 6.45) is 0.723. The predicted molar refractivity (Wildman–Crippen MR) is 78.1 cm³/mol. The molecule has 0 bridgehead atoms. The molecule has 1 aromatic rings. The number of nitrogens with two attached hydrogens (primary N) is 1. The minimum Gasteiger partial charge on any atom is -0.366 e. The fraction of sp³-hybridized carbons (Fsp3) is 0.600. The van der Waals surface area contributed by atoms with Crippen LogP contribution in [0.25, 0.3) is 0 Å². The summed E-state index contributed by atoms with van der Waals surface area (Å²) in [6, 6.07) is 5.37. The topological polar surface area (TPSA) is 32.5 Å². The van der Waals surface area contributed by atoms with Crippen LogP contribution in [0.4, 0.5) is 10.1 Å². The standard InChI is InChI=1S/C15H24FN3/c1-3-18-7-9-19(10-8-18)15-13(11-12(2)17)5-4-6-14(15)16/h4-6,12H,3,7-11,17H2,1-2H3. The van der Waals surface area contributed by atoms with Crippen LogP contribution in [0.15, 0.2) is 18.2 Å². The fourth-order valence-electron chi connectivity index (χ4n) is 2.71. The molecule has 1 fully saturated rings. The van der Waals surface area contributed by atoms with Crippen molar-refractivity contribution in [2.45, 2.75) is 26.3 Å². The summed E-state index contributed by atoms with van der Waals surface area (Å²) in [5.74, 6) is -0.122. The van der Waals surface area contributed by atoms with E-state index < -0.39 is 0 Å². The van der Waals surface area contributed by atoms with Crippen LogP contribution in [0.3, 0.4) is 0 Å². The van der Waals surface area contributed by atoms with Gasteiger partial charge in [0.15, 0.2) is 0 Å².